The summed E-state index contributed by atoms with van der Waals surface area (Å²) in [5.74, 6) is 0.329. The molecule has 0 atom stereocenters. The van der Waals surface area contributed by atoms with Crippen LogP contribution in [0.1, 0.15) is 24.2 Å². The van der Waals surface area contributed by atoms with Crippen LogP contribution in [-0.4, -0.2) is 27.1 Å². The molecule has 1 fully saturated rings. The number of aliphatic imine (C=N–C) groups is 1. The zero-order chi connectivity index (χ0) is 23.2. The highest BCUT2D eigenvalue weighted by Gasteiger charge is 2.66. The van der Waals surface area contributed by atoms with Gasteiger partial charge in [-0.15, -0.1) is 0 Å². The molecule has 4 N–H and O–H groups in total. The summed E-state index contributed by atoms with van der Waals surface area (Å²) in [6, 6.07) is 16.1. The average molecular weight is 452 g/mol. The topological polar surface area (TPSA) is 116 Å². The van der Waals surface area contributed by atoms with Crippen LogP contribution < -0.4 is 11.5 Å². The van der Waals surface area contributed by atoms with Crippen LogP contribution in [0.25, 0.3) is 22.3 Å². The van der Waals surface area contributed by atoms with E-state index in [-0.39, 0.29) is 36.7 Å². The van der Waals surface area contributed by atoms with Gasteiger partial charge in [0.05, 0.1) is 11.0 Å². The van der Waals surface area contributed by atoms with Gasteiger partial charge in [0.15, 0.2) is 17.4 Å². The number of nitrogens with two attached hydrogens (primary N) is 2. The lowest BCUT2D eigenvalue weighted by Crippen LogP contribution is -2.28. The van der Waals surface area contributed by atoms with E-state index in [1.165, 1.54) is 6.07 Å². The molecule has 0 radical (unpaired) electrons. The minimum Gasteiger partial charge on any atom is -0.387 e. The van der Waals surface area contributed by atoms with E-state index >= 15 is 0 Å². The molecule has 0 aliphatic heterocycles. The number of anilines is 1. The Morgan fingerprint density at radius 2 is 1.70 bits per heavy atom. The second-order valence-corrected chi connectivity index (χ2v) is 8.05. The monoisotopic (exact) mass is 452 g/mol. The third-order valence-corrected chi connectivity index (χ3v) is 5.73. The highest BCUT2D eigenvalue weighted by Crippen LogP contribution is 2.59. The molecule has 168 valence electrons. The molecule has 0 unspecified atom stereocenters. The maximum atomic E-state index is 13.2. The molecule has 10 heteroatoms. The SMILES string of the molecule is NC(Cc1ccc(-c2nc3ccccc3nc2N)cc1)=Nc1cc(C2(C(F)(F)F)CC2)on1. The number of para-hydroxylation sites is 2. The molecule has 1 saturated carbocycles. The molecule has 2 aromatic heterocycles. The summed E-state index contributed by atoms with van der Waals surface area (Å²) in [6.07, 6.45) is -4.11. The fraction of sp³-hybridized carbons (Fsp3) is 0.217. The lowest BCUT2D eigenvalue weighted by Gasteiger charge is -2.14. The Hall–Kier alpha value is -3.95. The van der Waals surface area contributed by atoms with Crippen molar-refractivity contribution in [3.63, 3.8) is 0 Å². The third-order valence-electron chi connectivity index (χ3n) is 5.73. The molecule has 2 heterocycles. The summed E-state index contributed by atoms with van der Waals surface area (Å²) in [7, 11) is 0. The second-order valence-electron chi connectivity index (χ2n) is 8.05. The molecule has 1 aliphatic carbocycles. The van der Waals surface area contributed by atoms with Crippen LogP contribution in [0.2, 0.25) is 0 Å². The van der Waals surface area contributed by atoms with Gasteiger partial charge in [-0.05, 0) is 30.5 Å². The molecule has 5 rings (SSSR count). The first-order chi connectivity index (χ1) is 15.7. The van der Waals surface area contributed by atoms with Crippen LogP contribution in [0.15, 0.2) is 64.1 Å². The number of halogens is 3. The minimum atomic E-state index is -4.38. The Balaban J connectivity index is 1.32. The number of benzene rings is 2. The molecule has 0 saturated heterocycles. The van der Waals surface area contributed by atoms with Crippen molar-refractivity contribution in [2.75, 3.05) is 5.73 Å². The first-order valence-electron chi connectivity index (χ1n) is 10.2. The van der Waals surface area contributed by atoms with E-state index < -0.39 is 11.6 Å². The average Bonchev–Trinajstić information content (AvgIpc) is 3.48. The number of hydrogen-bond acceptors (Lipinski definition) is 6. The van der Waals surface area contributed by atoms with Crippen molar-refractivity contribution in [1.29, 1.82) is 0 Å². The summed E-state index contributed by atoms with van der Waals surface area (Å²) in [5, 5.41) is 3.63. The summed E-state index contributed by atoms with van der Waals surface area (Å²) >= 11 is 0. The summed E-state index contributed by atoms with van der Waals surface area (Å²) in [5.41, 5.74) is 13.8. The van der Waals surface area contributed by atoms with E-state index in [0.717, 1.165) is 22.2 Å². The molecule has 2 aromatic carbocycles. The molecule has 4 aromatic rings. The number of alkyl halides is 3. The number of amidine groups is 1. The van der Waals surface area contributed by atoms with Gasteiger partial charge < -0.3 is 16.0 Å². The lowest BCUT2D eigenvalue weighted by molar-refractivity contribution is -0.165. The number of aromatic nitrogens is 3. The normalized spacial score (nSPS) is 15.7. The van der Waals surface area contributed by atoms with Crippen molar-refractivity contribution in [3.05, 3.63) is 65.9 Å². The van der Waals surface area contributed by atoms with E-state index in [1.807, 2.05) is 48.5 Å². The van der Waals surface area contributed by atoms with Gasteiger partial charge in [0.1, 0.15) is 16.9 Å². The Morgan fingerprint density at radius 1 is 1.03 bits per heavy atom. The van der Waals surface area contributed by atoms with Gasteiger partial charge in [0.2, 0.25) is 0 Å². The highest BCUT2D eigenvalue weighted by molar-refractivity contribution is 5.85. The van der Waals surface area contributed by atoms with Crippen LogP contribution in [0.4, 0.5) is 24.8 Å². The Kier molecular flexibility index (Phi) is 4.80. The molecule has 7 nitrogen and oxygen atoms in total. The third kappa shape index (κ3) is 3.88. The summed E-state index contributed by atoms with van der Waals surface area (Å²) in [6.45, 7) is 0. The summed E-state index contributed by atoms with van der Waals surface area (Å²) < 4.78 is 44.6. The quantitative estimate of drug-likeness (QED) is 0.335. The Morgan fingerprint density at radius 3 is 2.33 bits per heavy atom. The number of hydrogen-bond donors (Lipinski definition) is 2. The maximum absolute atomic E-state index is 13.2. The molecular weight excluding hydrogens is 433 g/mol. The van der Waals surface area contributed by atoms with Gasteiger partial charge in [-0.25, -0.2) is 15.0 Å². The molecule has 1 aliphatic rings. The van der Waals surface area contributed by atoms with Crippen molar-refractivity contribution in [3.8, 4) is 11.3 Å². The van der Waals surface area contributed by atoms with Crippen LogP contribution in [-0.2, 0) is 11.8 Å². The van der Waals surface area contributed by atoms with E-state index in [4.69, 9.17) is 16.0 Å². The second kappa shape index (κ2) is 7.58. The van der Waals surface area contributed by atoms with Crippen LogP contribution in [0.3, 0.4) is 0 Å². The van der Waals surface area contributed by atoms with Crippen molar-refractivity contribution >= 4 is 28.5 Å². The van der Waals surface area contributed by atoms with E-state index in [0.29, 0.717) is 11.5 Å². The van der Waals surface area contributed by atoms with E-state index in [1.54, 1.807) is 0 Å². The maximum Gasteiger partial charge on any atom is 0.401 e. The number of fused-ring (bicyclic) bond motifs is 1. The number of nitrogen functional groups attached to an aromatic ring is 1. The predicted octanol–water partition coefficient (Wildman–Crippen LogP) is 4.69. The van der Waals surface area contributed by atoms with Crippen molar-refractivity contribution in [1.82, 2.24) is 15.1 Å². The first kappa shape index (κ1) is 20.9. The van der Waals surface area contributed by atoms with Gasteiger partial charge >= 0.3 is 6.18 Å². The Bertz CT molecular complexity index is 1360. The molecule has 0 bridgehead atoms. The van der Waals surface area contributed by atoms with Crippen LogP contribution in [0.5, 0.6) is 0 Å². The standard InChI is InChI=1S/C23H19F3N6O/c24-23(25,26)22(9-10-22)17-12-19(32-33-17)31-18(27)11-13-5-7-14(8-6-13)20-21(28)30-16-4-2-1-3-15(16)29-20/h1-8,12H,9-11H2,(H2,28,30)(H2,27,31,32). The number of nitrogens with zero attached hydrogens (tertiary/aromatic N) is 4. The fourth-order valence-corrected chi connectivity index (χ4v) is 3.74. The lowest BCUT2D eigenvalue weighted by atomic mass is 10.0. The first-order valence-corrected chi connectivity index (χ1v) is 10.2. The molecule has 0 spiro atoms. The van der Waals surface area contributed by atoms with Crippen LogP contribution >= 0.6 is 0 Å². The molecule has 0 amide bonds. The van der Waals surface area contributed by atoms with Crippen molar-refractivity contribution < 1.29 is 17.7 Å². The predicted molar refractivity (Wildman–Crippen MR) is 118 cm³/mol. The van der Waals surface area contributed by atoms with Crippen LogP contribution in [0, 0.1) is 0 Å². The van der Waals surface area contributed by atoms with Gasteiger partial charge in [-0.2, -0.15) is 13.2 Å². The minimum absolute atomic E-state index is 0.0111. The van der Waals surface area contributed by atoms with Gasteiger partial charge in [0, 0.05) is 18.1 Å². The smallest absolute Gasteiger partial charge is 0.387 e. The van der Waals surface area contributed by atoms with Gasteiger partial charge in [0.25, 0.3) is 0 Å². The zero-order valence-corrected chi connectivity index (χ0v) is 17.3. The van der Waals surface area contributed by atoms with Gasteiger partial charge in [-0.1, -0.05) is 41.6 Å². The number of rotatable bonds is 5. The van der Waals surface area contributed by atoms with E-state index in [2.05, 4.69) is 20.1 Å². The van der Waals surface area contributed by atoms with Crippen molar-refractivity contribution in [2.24, 2.45) is 10.7 Å². The highest BCUT2D eigenvalue weighted by atomic mass is 19.4. The molecule has 33 heavy (non-hydrogen) atoms. The molecular formula is C23H19F3N6O. The van der Waals surface area contributed by atoms with Crippen molar-refractivity contribution in [2.45, 2.75) is 30.9 Å². The van der Waals surface area contributed by atoms with Gasteiger partial charge in [-0.3, -0.25) is 0 Å². The largest absolute Gasteiger partial charge is 0.401 e. The van der Waals surface area contributed by atoms with E-state index in [9.17, 15) is 13.2 Å². The fourth-order valence-electron chi connectivity index (χ4n) is 3.74. The Labute approximate surface area is 186 Å². The zero-order valence-electron chi connectivity index (χ0n) is 17.3. The summed E-state index contributed by atoms with van der Waals surface area (Å²) in [4.78, 5) is 13.1.